The van der Waals surface area contributed by atoms with Crippen LogP contribution in [0.5, 0.6) is 0 Å². The van der Waals surface area contributed by atoms with Crippen molar-refractivity contribution in [1.29, 1.82) is 0 Å². The number of rotatable bonds is 8. The van der Waals surface area contributed by atoms with E-state index in [0.29, 0.717) is 23.4 Å². The van der Waals surface area contributed by atoms with Gasteiger partial charge < -0.3 is 10.1 Å². The minimum absolute atomic E-state index is 0.120. The van der Waals surface area contributed by atoms with Crippen LogP contribution < -0.4 is 10.7 Å². The first kappa shape index (κ1) is 25.3. The minimum Gasteiger partial charge on any atom is -0.462 e. The predicted molar refractivity (Wildman–Crippen MR) is 133 cm³/mol. The smallest absolute Gasteiger partial charge is 0.338 e. The van der Waals surface area contributed by atoms with Crippen molar-refractivity contribution in [2.75, 3.05) is 18.5 Å². The lowest BCUT2D eigenvalue weighted by Crippen LogP contribution is -2.49. The molecule has 0 bridgehead atoms. The molecule has 1 aliphatic heterocycles. The van der Waals surface area contributed by atoms with Crippen molar-refractivity contribution in [3.05, 3.63) is 64.1 Å². The summed E-state index contributed by atoms with van der Waals surface area (Å²) in [5.74, 6) is -1.75. The third kappa shape index (κ3) is 5.78. The topological polar surface area (TPSA) is 108 Å². The zero-order chi connectivity index (χ0) is 24.8. The third-order valence-corrected chi connectivity index (χ3v) is 5.95. The number of nitrogens with one attached hydrogen (secondary N) is 2. The van der Waals surface area contributed by atoms with Gasteiger partial charge in [-0.2, -0.15) is 0 Å². The van der Waals surface area contributed by atoms with E-state index in [-0.39, 0.29) is 24.0 Å². The number of amides is 3. The number of esters is 1. The highest BCUT2D eigenvalue weighted by atomic mass is 79.9. The normalized spacial score (nSPS) is 15.3. The molecule has 1 heterocycles. The van der Waals surface area contributed by atoms with Crippen LogP contribution in [0.2, 0.25) is 0 Å². The summed E-state index contributed by atoms with van der Waals surface area (Å²) in [6.07, 6.45) is -0.240. The summed E-state index contributed by atoms with van der Waals surface area (Å²) in [7, 11) is 0. The first-order valence-electron chi connectivity index (χ1n) is 10.5. The SMILES string of the molecule is CCOC(=O)c1ccc(NC(=O)CC2C(=O)N(CC)C(=S)N2NC(=O)c2ccc(Br)cc2)cc1. The maximum Gasteiger partial charge on any atom is 0.338 e. The average molecular weight is 547 g/mol. The number of carbonyl (C=O) groups is 4. The summed E-state index contributed by atoms with van der Waals surface area (Å²) >= 11 is 8.70. The molecule has 1 unspecified atom stereocenters. The zero-order valence-corrected chi connectivity index (χ0v) is 20.9. The van der Waals surface area contributed by atoms with E-state index in [9.17, 15) is 19.2 Å². The van der Waals surface area contributed by atoms with Gasteiger partial charge in [-0.15, -0.1) is 0 Å². The van der Waals surface area contributed by atoms with Gasteiger partial charge in [0.25, 0.3) is 11.8 Å². The van der Waals surface area contributed by atoms with Gasteiger partial charge in [0.05, 0.1) is 18.6 Å². The first-order valence-corrected chi connectivity index (χ1v) is 11.7. The number of hydrogen-bond donors (Lipinski definition) is 2. The van der Waals surface area contributed by atoms with Gasteiger partial charge in [0.1, 0.15) is 6.04 Å². The van der Waals surface area contributed by atoms with Crippen LogP contribution in [0.15, 0.2) is 53.0 Å². The minimum atomic E-state index is -0.995. The Morgan fingerprint density at radius 2 is 1.65 bits per heavy atom. The van der Waals surface area contributed by atoms with E-state index in [1.165, 1.54) is 22.0 Å². The summed E-state index contributed by atoms with van der Waals surface area (Å²) in [5, 5.41) is 4.08. The number of hydrogen-bond acceptors (Lipinski definition) is 6. The van der Waals surface area contributed by atoms with E-state index in [4.69, 9.17) is 17.0 Å². The van der Waals surface area contributed by atoms with Gasteiger partial charge >= 0.3 is 5.97 Å². The highest BCUT2D eigenvalue weighted by molar-refractivity contribution is 9.10. The Bertz CT molecular complexity index is 1110. The molecule has 3 rings (SSSR count). The molecule has 3 amide bonds. The number of halogens is 1. The largest absolute Gasteiger partial charge is 0.462 e. The predicted octanol–water partition coefficient (Wildman–Crippen LogP) is 3.12. The van der Waals surface area contributed by atoms with Crippen LogP contribution >= 0.6 is 28.1 Å². The molecular formula is C23H23BrN4O5S. The Balaban J connectivity index is 1.70. The molecule has 0 spiro atoms. The highest BCUT2D eigenvalue weighted by Gasteiger charge is 2.43. The quantitative estimate of drug-likeness (QED) is 0.386. The molecule has 1 saturated heterocycles. The number of anilines is 1. The summed E-state index contributed by atoms with van der Waals surface area (Å²) in [4.78, 5) is 51.4. The van der Waals surface area contributed by atoms with Crippen LogP contribution in [-0.2, 0) is 14.3 Å². The molecule has 1 aliphatic rings. The molecule has 2 aromatic carbocycles. The van der Waals surface area contributed by atoms with E-state index in [1.807, 2.05) is 0 Å². The van der Waals surface area contributed by atoms with Gasteiger partial charge in [0.15, 0.2) is 5.11 Å². The van der Waals surface area contributed by atoms with E-state index in [1.54, 1.807) is 50.2 Å². The Morgan fingerprint density at radius 1 is 1.03 bits per heavy atom. The van der Waals surface area contributed by atoms with Crippen LogP contribution in [0.25, 0.3) is 0 Å². The number of thiocarbonyl (C=S) groups is 1. The lowest BCUT2D eigenvalue weighted by Gasteiger charge is -2.24. The molecule has 0 saturated carbocycles. The van der Waals surface area contributed by atoms with Crippen molar-refractivity contribution in [2.45, 2.75) is 26.3 Å². The second-order valence-corrected chi connectivity index (χ2v) is 8.53. The molecule has 1 atom stereocenters. The van der Waals surface area contributed by atoms with Crippen LogP contribution in [0.1, 0.15) is 41.0 Å². The molecule has 1 fully saturated rings. The van der Waals surface area contributed by atoms with Crippen molar-refractivity contribution < 1.29 is 23.9 Å². The van der Waals surface area contributed by atoms with Gasteiger partial charge in [-0.3, -0.25) is 24.7 Å². The van der Waals surface area contributed by atoms with Crippen molar-refractivity contribution >= 4 is 62.6 Å². The maximum atomic E-state index is 12.9. The summed E-state index contributed by atoms with van der Waals surface area (Å²) in [6.45, 7) is 4.03. The molecular weight excluding hydrogens is 524 g/mol. The van der Waals surface area contributed by atoms with Crippen molar-refractivity contribution in [3.63, 3.8) is 0 Å². The van der Waals surface area contributed by atoms with Crippen LogP contribution in [0.4, 0.5) is 5.69 Å². The third-order valence-electron chi connectivity index (χ3n) is 5.00. The number of ether oxygens (including phenoxy) is 1. The number of hydrazine groups is 1. The molecule has 178 valence electrons. The highest BCUT2D eigenvalue weighted by Crippen LogP contribution is 2.21. The molecule has 2 aromatic rings. The Morgan fingerprint density at radius 3 is 2.24 bits per heavy atom. The molecule has 2 N–H and O–H groups in total. The van der Waals surface area contributed by atoms with Gasteiger partial charge in [0.2, 0.25) is 5.91 Å². The van der Waals surface area contributed by atoms with Gasteiger partial charge in [-0.1, -0.05) is 15.9 Å². The standard InChI is InChI=1S/C23H23BrN4O5S/c1-3-27-21(31)18(28(23(27)34)26-20(30)14-5-9-16(24)10-6-14)13-19(29)25-17-11-7-15(8-12-17)22(32)33-4-2/h5-12,18H,3-4,13H2,1-2H3,(H,25,29)(H,26,30). The van der Waals surface area contributed by atoms with Gasteiger partial charge in [-0.05, 0) is 74.6 Å². The lowest BCUT2D eigenvalue weighted by atomic mass is 10.1. The molecule has 9 nitrogen and oxygen atoms in total. The molecule has 0 aromatic heterocycles. The molecule has 0 radical (unpaired) electrons. The van der Waals surface area contributed by atoms with Crippen LogP contribution in [-0.4, -0.2) is 57.9 Å². The number of carbonyl (C=O) groups excluding carboxylic acids is 4. The lowest BCUT2D eigenvalue weighted by molar-refractivity contribution is -0.130. The number of likely N-dealkylation sites (N-methyl/N-ethyl adjacent to an activating group) is 1. The fraction of sp³-hybridized carbons (Fsp3) is 0.261. The zero-order valence-electron chi connectivity index (χ0n) is 18.5. The van der Waals surface area contributed by atoms with Crippen molar-refractivity contribution in [3.8, 4) is 0 Å². The second kappa shape index (κ2) is 11.2. The Labute approximate surface area is 210 Å². The first-order chi connectivity index (χ1) is 16.2. The summed E-state index contributed by atoms with van der Waals surface area (Å²) in [6, 6.07) is 11.9. The molecule has 0 aliphatic carbocycles. The number of nitrogens with zero attached hydrogens (tertiary/aromatic N) is 2. The van der Waals surface area contributed by atoms with E-state index < -0.39 is 23.8 Å². The molecule has 34 heavy (non-hydrogen) atoms. The second-order valence-electron chi connectivity index (χ2n) is 7.25. The Kier molecular flexibility index (Phi) is 8.35. The average Bonchev–Trinajstić information content (AvgIpc) is 3.03. The van der Waals surface area contributed by atoms with Gasteiger partial charge in [-0.25, -0.2) is 9.80 Å². The van der Waals surface area contributed by atoms with Crippen molar-refractivity contribution in [2.24, 2.45) is 0 Å². The Hall–Kier alpha value is -3.31. The van der Waals surface area contributed by atoms with Crippen LogP contribution in [0, 0.1) is 0 Å². The maximum absolute atomic E-state index is 12.9. The fourth-order valence-electron chi connectivity index (χ4n) is 3.31. The molecule has 11 heteroatoms. The monoisotopic (exact) mass is 546 g/mol. The number of benzene rings is 2. The van der Waals surface area contributed by atoms with E-state index >= 15 is 0 Å². The van der Waals surface area contributed by atoms with E-state index in [0.717, 1.165) is 4.47 Å². The van der Waals surface area contributed by atoms with E-state index in [2.05, 4.69) is 26.7 Å². The van der Waals surface area contributed by atoms with Crippen molar-refractivity contribution in [1.82, 2.24) is 15.3 Å². The summed E-state index contributed by atoms with van der Waals surface area (Å²) < 4.78 is 5.76. The summed E-state index contributed by atoms with van der Waals surface area (Å²) in [5.41, 5.74) is 3.83. The van der Waals surface area contributed by atoms with Crippen LogP contribution in [0.3, 0.4) is 0 Å². The fourth-order valence-corrected chi connectivity index (χ4v) is 3.97. The van der Waals surface area contributed by atoms with Gasteiger partial charge in [0, 0.05) is 22.3 Å².